The van der Waals surface area contributed by atoms with Crippen LogP contribution in [0.25, 0.3) is 10.8 Å². The largest absolute Gasteiger partial charge is 0.368 e. The Labute approximate surface area is 110 Å². The van der Waals surface area contributed by atoms with E-state index in [9.17, 15) is 0 Å². The number of nitrogen functional groups attached to an aromatic ring is 1. The van der Waals surface area contributed by atoms with Gasteiger partial charge in [-0.25, -0.2) is 4.98 Å². The van der Waals surface area contributed by atoms with Crippen molar-refractivity contribution in [1.29, 1.82) is 0 Å². The van der Waals surface area contributed by atoms with Crippen molar-refractivity contribution < 1.29 is 0 Å². The summed E-state index contributed by atoms with van der Waals surface area (Å²) in [5.41, 5.74) is 7.43. The second kappa shape index (κ2) is 4.53. The van der Waals surface area contributed by atoms with E-state index in [1.165, 1.54) is 0 Å². The Kier molecular flexibility index (Phi) is 2.72. The second-order valence-corrected chi connectivity index (χ2v) is 4.28. The molecule has 0 unspecified atom stereocenters. The van der Waals surface area contributed by atoms with Gasteiger partial charge in [-0.05, 0) is 24.4 Å². The molecule has 5 nitrogen and oxygen atoms in total. The van der Waals surface area contributed by atoms with Crippen LogP contribution in [0.15, 0.2) is 42.7 Å². The van der Waals surface area contributed by atoms with E-state index >= 15 is 0 Å². The molecule has 0 saturated carbocycles. The lowest BCUT2D eigenvalue weighted by Crippen LogP contribution is -2.01. The lowest BCUT2D eigenvalue weighted by atomic mass is 10.1. The maximum Gasteiger partial charge on any atom is 0.222 e. The summed E-state index contributed by atoms with van der Waals surface area (Å²) < 4.78 is 0. The summed E-state index contributed by atoms with van der Waals surface area (Å²) in [5.74, 6) is 0.946. The van der Waals surface area contributed by atoms with Crippen LogP contribution in [0.3, 0.4) is 0 Å². The highest BCUT2D eigenvalue weighted by Gasteiger charge is 2.03. The first kappa shape index (κ1) is 11.4. The number of hydrogen-bond donors (Lipinski definition) is 2. The van der Waals surface area contributed by atoms with Gasteiger partial charge in [-0.1, -0.05) is 12.1 Å². The zero-order valence-corrected chi connectivity index (χ0v) is 10.5. The van der Waals surface area contributed by atoms with Crippen LogP contribution in [-0.2, 0) is 0 Å². The van der Waals surface area contributed by atoms with Crippen molar-refractivity contribution in [1.82, 2.24) is 15.0 Å². The molecule has 0 aliphatic rings. The molecule has 0 amide bonds. The van der Waals surface area contributed by atoms with Gasteiger partial charge in [0.1, 0.15) is 5.82 Å². The van der Waals surface area contributed by atoms with Crippen LogP contribution < -0.4 is 11.1 Å². The van der Waals surface area contributed by atoms with Crippen LogP contribution in [0.1, 0.15) is 5.69 Å². The molecule has 0 radical (unpaired) electrons. The van der Waals surface area contributed by atoms with E-state index in [4.69, 9.17) is 5.73 Å². The molecule has 0 saturated heterocycles. The number of nitrogens with one attached hydrogen (secondary N) is 1. The molecule has 3 rings (SSSR count). The topological polar surface area (TPSA) is 76.7 Å². The van der Waals surface area contributed by atoms with Gasteiger partial charge >= 0.3 is 0 Å². The number of aryl methyl sites for hydroxylation is 1. The fourth-order valence-electron chi connectivity index (χ4n) is 2.02. The molecule has 3 N–H and O–H groups in total. The maximum atomic E-state index is 5.65. The number of nitrogens with zero attached hydrogens (tertiary/aromatic N) is 3. The van der Waals surface area contributed by atoms with Crippen molar-refractivity contribution in [3.8, 4) is 0 Å². The molecule has 2 heterocycles. The highest BCUT2D eigenvalue weighted by Crippen LogP contribution is 2.25. The number of hydrogen-bond acceptors (Lipinski definition) is 5. The van der Waals surface area contributed by atoms with Gasteiger partial charge in [-0.15, -0.1) is 0 Å². The fourth-order valence-corrected chi connectivity index (χ4v) is 2.02. The SMILES string of the molecule is Cc1cc(Nc2cccc3ccncc23)nc(N)n1. The minimum Gasteiger partial charge on any atom is -0.368 e. The van der Waals surface area contributed by atoms with Gasteiger partial charge in [0, 0.05) is 35.2 Å². The van der Waals surface area contributed by atoms with Crippen LogP contribution in [-0.4, -0.2) is 15.0 Å². The number of nitrogens with two attached hydrogens (primary N) is 1. The summed E-state index contributed by atoms with van der Waals surface area (Å²) in [7, 11) is 0. The van der Waals surface area contributed by atoms with Crippen LogP contribution in [0.2, 0.25) is 0 Å². The summed E-state index contributed by atoms with van der Waals surface area (Å²) in [5, 5.41) is 5.42. The third-order valence-corrected chi connectivity index (χ3v) is 2.82. The van der Waals surface area contributed by atoms with E-state index in [1.54, 1.807) is 6.20 Å². The van der Waals surface area contributed by atoms with E-state index in [-0.39, 0.29) is 5.95 Å². The molecule has 19 heavy (non-hydrogen) atoms. The van der Waals surface area contributed by atoms with Gasteiger partial charge in [-0.3, -0.25) is 4.98 Å². The summed E-state index contributed by atoms with van der Waals surface area (Å²) in [6.45, 7) is 1.88. The summed E-state index contributed by atoms with van der Waals surface area (Å²) in [6.07, 6.45) is 3.61. The van der Waals surface area contributed by atoms with Gasteiger partial charge in [0.2, 0.25) is 5.95 Å². The molecule has 3 aromatic rings. The van der Waals surface area contributed by atoms with Gasteiger partial charge in [0.05, 0.1) is 0 Å². The van der Waals surface area contributed by atoms with E-state index in [0.29, 0.717) is 5.82 Å². The van der Waals surface area contributed by atoms with Crippen molar-refractivity contribution in [2.75, 3.05) is 11.1 Å². The minimum atomic E-state index is 0.265. The van der Waals surface area contributed by atoms with Gasteiger partial charge in [0.25, 0.3) is 0 Å². The third-order valence-electron chi connectivity index (χ3n) is 2.82. The standard InChI is InChI=1S/C14H13N5/c1-9-7-13(19-14(15)17-9)18-12-4-2-3-10-5-6-16-8-11(10)12/h2-8H,1H3,(H3,15,17,18,19). The Morgan fingerprint density at radius 1 is 1.16 bits per heavy atom. The number of benzene rings is 1. The molecule has 0 atom stereocenters. The summed E-state index contributed by atoms with van der Waals surface area (Å²) >= 11 is 0. The van der Waals surface area contributed by atoms with Crippen LogP contribution >= 0.6 is 0 Å². The molecule has 5 heteroatoms. The average Bonchev–Trinajstić information content (AvgIpc) is 2.38. The first-order valence-electron chi connectivity index (χ1n) is 5.93. The lowest BCUT2D eigenvalue weighted by Gasteiger charge is -2.09. The monoisotopic (exact) mass is 251 g/mol. The van der Waals surface area contributed by atoms with Crippen LogP contribution in [0.5, 0.6) is 0 Å². The highest BCUT2D eigenvalue weighted by molar-refractivity contribution is 5.94. The quantitative estimate of drug-likeness (QED) is 0.732. The Hall–Kier alpha value is -2.69. The minimum absolute atomic E-state index is 0.265. The molecule has 2 aromatic heterocycles. The first-order chi connectivity index (χ1) is 9.22. The van der Waals surface area contributed by atoms with Crippen molar-refractivity contribution in [3.05, 3.63) is 48.4 Å². The Morgan fingerprint density at radius 3 is 2.89 bits per heavy atom. The molecular weight excluding hydrogens is 238 g/mol. The van der Waals surface area contributed by atoms with E-state index < -0.39 is 0 Å². The van der Waals surface area contributed by atoms with Crippen molar-refractivity contribution in [3.63, 3.8) is 0 Å². The van der Waals surface area contributed by atoms with Gasteiger partial charge < -0.3 is 11.1 Å². The number of anilines is 3. The fraction of sp³-hybridized carbons (Fsp3) is 0.0714. The number of rotatable bonds is 2. The summed E-state index contributed by atoms with van der Waals surface area (Å²) in [6, 6.07) is 9.84. The predicted molar refractivity (Wildman–Crippen MR) is 76.2 cm³/mol. The molecule has 0 aliphatic carbocycles. The Bertz CT molecular complexity index is 713. The van der Waals surface area contributed by atoms with Crippen molar-refractivity contribution in [2.24, 2.45) is 0 Å². The number of aromatic nitrogens is 3. The van der Waals surface area contributed by atoms with Crippen LogP contribution in [0, 0.1) is 6.92 Å². The molecule has 0 aliphatic heterocycles. The van der Waals surface area contributed by atoms with Crippen molar-refractivity contribution >= 4 is 28.2 Å². The molecule has 94 valence electrons. The lowest BCUT2D eigenvalue weighted by molar-refractivity contribution is 1.12. The van der Waals surface area contributed by atoms with E-state index in [1.807, 2.05) is 43.5 Å². The predicted octanol–water partition coefficient (Wildman–Crippen LogP) is 2.66. The molecule has 1 aromatic carbocycles. The zero-order chi connectivity index (χ0) is 13.2. The van der Waals surface area contributed by atoms with E-state index in [2.05, 4.69) is 20.3 Å². The highest BCUT2D eigenvalue weighted by atomic mass is 15.1. The number of fused-ring (bicyclic) bond motifs is 1. The van der Waals surface area contributed by atoms with E-state index in [0.717, 1.165) is 22.2 Å². The van der Waals surface area contributed by atoms with Crippen LogP contribution in [0.4, 0.5) is 17.5 Å². The number of pyridine rings is 1. The smallest absolute Gasteiger partial charge is 0.222 e. The third kappa shape index (κ3) is 2.30. The molecule has 0 fully saturated rings. The Balaban J connectivity index is 2.05. The van der Waals surface area contributed by atoms with Crippen molar-refractivity contribution in [2.45, 2.75) is 6.92 Å². The average molecular weight is 251 g/mol. The summed E-state index contributed by atoms with van der Waals surface area (Å²) in [4.78, 5) is 12.4. The van der Waals surface area contributed by atoms with Gasteiger partial charge in [-0.2, -0.15) is 4.98 Å². The second-order valence-electron chi connectivity index (χ2n) is 4.28. The first-order valence-corrected chi connectivity index (χ1v) is 5.93. The maximum absolute atomic E-state index is 5.65. The molecular formula is C14H13N5. The Morgan fingerprint density at radius 2 is 2.05 bits per heavy atom. The zero-order valence-electron chi connectivity index (χ0n) is 10.5. The molecule has 0 bridgehead atoms. The van der Waals surface area contributed by atoms with Gasteiger partial charge in [0.15, 0.2) is 0 Å². The normalized spacial score (nSPS) is 10.6. The molecule has 0 spiro atoms.